The molecule has 1 aromatic rings. The van der Waals surface area contributed by atoms with Gasteiger partial charge in [-0.15, -0.1) is 0 Å². The lowest BCUT2D eigenvalue weighted by molar-refractivity contribution is -0.121. The number of carbonyl (C=O) groups is 1. The SMILES string of the molecule is COc1cc(Cl)ccc1CNC(=O)CC(C)N. The number of halogens is 1. The summed E-state index contributed by atoms with van der Waals surface area (Å²) in [5.74, 6) is 0.593. The zero-order valence-electron chi connectivity index (χ0n) is 10.00. The van der Waals surface area contributed by atoms with Crippen molar-refractivity contribution in [3.8, 4) is 5.75 Å². The van der Waals surface area contributed by atoms with E-state index in [-0.39, 0.29) is 11.9 Å². The number of rotatable bonds is 5. The quantitative estimate of drug-likeness (QED) is 0.843. The van der Waals surface area contributed by atoms with Gasteiger partial charge in [-0.25, -0.2) is 0 Å². The van der Waals surface area contributed by atoms with E-state index in [2.05, 4.69) is 5.32 Å². The first kappa shape index (κ1) is 13.8. The Morgan fingerprint density at radius 1 is 1.59 bits per heavy atom. The zero-order chi connectivity index (χ0) is 12.8. The van der Waals surface area contributed by atoms with Gasteiger partial charge in [0.2, 0.25) is 5.91 Å². The van der Waals surface area contributed by atoms with Gasteiger partial charge in [-0.2, -0.15) is 0 Å². The second-order valence-corrected chi connectivity index (χ2v) is 4.35. The van der Waals surface area contributed by atoms with Crippen LogP contribution in [0.5, 0.6) is 5.75 Å². The molecule has 0 aromatic heterocycles. The van der Waals surface area contributed by atoms with Crippen LogP contribution in [0.25, 0.3) is 0 Å². The van der Waals surface area contributed by atoms with E-state index in [4.69, 9.17) is 22.1 Å². The zero-order valence-corrected chi connectivity index (χ0v) is 10.8. The van der Waals surface area contributed by atoms with Crippen molar-refractivity contribution in [2.75, 3.05) is 7.11 Å². The van der Waals surface area contributed by atoms with Gasteiger partial charge >= 0.3 is 0 Å². The summed E-state index contributed by atoms with van der Waals surface area (Å²) in [6, 6.07) is 5.17. The molecule has 3 N–H and O–H groups in total. The molecule has 0 aliphatic rings. The minimum Gasteiger partial charge on any atom is -0.496 e. The van der Waals surface area contributed by atoms with Crippen LogP contribution in [0, 0.1) is 0 Å². The van der Waals surface area contributed by atoms with Crippen LogP contribution in [0.3, 0.4) is 0 Å². The first-order valence-corrected chi connectivity index (χ1v) is 5.75. The topological polar surface area (TPSA) is 64.3 Å². The molecule has 1 aromatic carbocycles. The van der Waals surface area contributed by atoms with Gasteiger partial charge in [-0.1, -0.05) is 17.7 Å². The maximum Gasteiger partial charge on any atom is 0.221 e. The third-order valence-electron chi connectivity index (χ3n) is 2.23. The molecule has 0 aliphatic carbocycles. The Hall–Kier alpha value is -1.26. The van der Waals surface area contributed by atoms with Crippen molar-refractivity contribution in [3.05, 3.63) is 28.8 Å². The van der Waals surface area contributed by atoms with Crippen LogP contribution in [0.15, 0.2) is 18.2 Å². The molecule has 0 aliphatic heterocycles. The van der Waals surface area contributed by atoms with E-state index in [9.17, 15) is 4.79 Å². The monoisotopic (exact) mass is 256 g/mol. The first-order valence-electron chi connectivity index (χ1n) is 5.37. The Morgan fingerprint density at radius 3 is 2.88 bits per heavy atom. The summed E-state index contributed by atoms with van der Waals surface area (Å²) in [6.45, 7) is 2.20. The average molecular weight is 257 g/mol. The fourth-order valence-electron chi connectivity index (χ4n) is 1.42. The summed E-state index contributed by atoms with van der Waals surface area (Å²) in [6.07, 6.45) is 0.315. The molecule has 5 heteroatoms. The van der Waals surface area contributed by atoms with Gasteiger partial charge < -0.3 is 15.8 Å². The molecular weight excluding hydrogens is 240 g/mol. The molecule has 94 valence electrons. The lowest BCUT2D eigenvalue weighted by Crippen LogP contribution is -2.29. The van der Waals surface area contributed by atoms with Crippen molar-refractivity contribution in [2.24, 2.45) is 5.73 Å². The van der Waals surface area contributed by atoms with E-state index in [0.717, 1.165) is 5.56 Å². The number of hydrogen-bond donors (Lipinski definition) is 2. The van der Waals surface area contributed by atoms with Crippen molar-refractivity contribution >= 4 is 17.5 Å². The number of benzene rings is 1. The Balaban J connectivity index is 2.60. The third kappa shape index (κ3) is 4.63. The summed E-state index contributed by atoms with van der Waals surface area (Å²) in [4.78, 5) is 11.4. The molecule has 0 radical (unpaired) electrons. The van der Waals surface area contributed by atoms with Crippen LogP contribution in [-0.4, -0.2) is 19.1 Å². The van der Waals surface area contributed by atoms with Crippen LogP contribution in [0.1, 0.15) is 18.9 Å². The van der Waals surface area contributed by atoms with E-state index in [1.165, 1.54) is 0 Å². The van der Waals surface area contributed by atoms with Crippen molar-refractivity contribution in [2.45, 2.75) is 25.9 Å². The number of amides is 1. The summed E-state index contributed by atoms with van der Waals surface area (Å²) in [5, 5.41) is 3.39. The predicted molar refractivity (Wildman–Crippen MR) is 68.1 cm³/mol. The molecule has 4 nitrogen and oxygen atoms in total. The number of carbonyl (C=O) groups excluding carboxylic acids is 1. The molecule has 1 amide bonds. The van der Waals surface area contributed by atoms with Crippen LogP contribution in [-0.2, 0) is 11.3 Å². The fraction of sp³-hybridized carbons (Fsp3) is 0.417. The lowest BCUT2D eigenvalue weighted by atomic mass is 10.2. The standard InChI is InChI=1S/C12H17ClN2O2/c1-8(14)5-12(16)15-7-9-3-4-10(13)6-11(9)17-2/h3-4,6,8H,5,7,14H2,1-2H3,(H,15,16). The van der Waals surface area contributed by atoms with Gasteiger partial charge in [0, 0.05) is 29.6 Å². The van der Waals surface area contributed by atoms with E-state index >= 15 is 0 Å². The number of methoxy groups -OCH3 is 1. The Labute approximate surface area is 106 Å². The second-order valence-electron chi connectivity index (χ2n) is 3.91. The smallest absolute Gasteiger partial charge is 0.221 e. The van der Waals surface area contributed by atoms with Crippen LogP contribution in [0.4, 0.5) is 0 Å². The van der Waals surface area contributed by atoms with Crippen molar-refractivity contribution in [1.29, 1.82) is 0 Å². The molecule has 0 saturated carbocycles. The van der Waals surface area contributed by atoms with Gasteiger partial charge in [0.15, 0.2) is 0 Å². The molecule has 1 atom stereocenters. The molecule has 0 spiro atoms. The van der Waals surface area contributed by atoms with E-state index in [0.29, 0.717) is 23.7 Å². The molecule has 0 bridgehead atoms. The highest BCUT2D eigenvalue weighted by Crippen LogP contribution is 2.22. The third-order valence-corrected chi connectivity index (χ3v) is 2.47. The van der Waals surface area contributed by atoms with Crippen LogP contribution < -0.4 is 15.8 Å². The Morgan fingerprint density at radius 2 is 2.29 bits per heavy atom. The lowest BCUT2D eigenvalue weighted by Gasteiger charge is -2.11. The summed E-state index contributed by atoms with van der Waals surface area (Å²) in [5.41, 5.74) is 6.42. The van der Waals surface area contributed by atoms with E-state index in [1.807, 2.05) is 6.07 Å². The molecule has 1 rings (SSSR count). The first-order chi connectivity index (χ1) is 8.02. The summed E-state index contributed by atoms with van der Waals surface area (Å²) < 4.78 is 5.18. The van der Waals surface area contributed by atoms with Crippen molar-refractivity contribution in [1.82, 2.24) is 5.32 Å². The minimum atomic E-state index is -0.137. The second kappa shape index (κ2) is 6.47. The highest BCUT2D eigenvalue weighted by molar-refractivity contribution is 6.30. The maximum absolute atomic E-state index is 11.4. The molecule has 0 fully saturated rings. The highest BCUT2D eigenvalue weighted by atomic mass is 35.5. The van der Waals surface area contributed by atoms with Gasteiger partial charge in [0.05, 0.1) is 7.11 Å². The van der Waals surface area contributed by atoms with E-state index in [1.54, 1.807) is 26.2 Å². The minimum absolute atomic E-state index is 0.0722. The summed E-state index contributed by atoms with van der Waals surface area (Å²) >= 11 is 5.84. The molecule has 1 unspecified atom stereocenters. The van der Waals surface area contributed by atoms with Crippen molar-refractivity contribution < 1.29 is 9.53 Å². The molecule has 0 saturated heterocycles. The van der Waals surface area contributed by atoms with Crippen LogP contribution >= 0.6 is 11.6 Å². The van der Waals surface area contributed by atoms with Gasteiger partial charge in [0.25, 0.3) is 0 Å². The number of nitrogens with one attached hydrogen (secondary N) is 1. The van der Waals surface area contributed by atoms with Gasteiger partial charge in [-0.05, 0) is 19.1 Å². The fourth-order valence-corrected chi connectivity index (χ4v) is 1.58. The Bertz CT molecular complexity index is 394. The molecule has 17 heavy (non-hydrogen) atoms. The highest BCUT2D eigenvalue weighted by Gasteiger charge is 2.07. The average Bonchev–Trinajstić information content (AvgIpc) is 2.26. The molecule has 0 heterocycles. The largest absolute Gasteiger partial charge is 0.496 e. The molecular formula is C12H17ClN2O2. The van der Waals surface area contributed by atoms with Crippen LogP contribution in [0.2, 0.25) is 5.02 Å². The number of ether oxygens (including phenoxy) is 1. The van der Waals surface area contributed by atoms with E-state index < -0.39 is 0 Å². The maximum atomic E-state index is 11.4. The number of nitrogens with two attached hydrogens (primary N) is 1. The number of hydrogen-bond acceptors (Lipinski definition) is 3. The normalized spacial score (nSPS) is 12.0. The predicted octanol–water partition coefficient (Wildman–Crippen LogP) is 1.70. The Kier molecular flexibility index (Phi) is 5.25. The van der Waals surface area contributed by atoms with Crippen molar-refractivity contribution in [3.63, 3.8) is 0 Å². The summed E-state index contributed by atoms with van der Waals surface area (Å²) in [7, 11) is 1.57. The van der Waals surface area contributed by atoms with Gasteiger partial charge in [0.1, 0.15) is 5.75 Å². The van der Waals surface area contributed by atoms with Gasteiger partial charge in [-0.3, -0.25) is 4.79 Å².